The lowest BCUT2D eigenvalue weighted by Gasteiger charge is -2.28. The van der Waals surface area contributed by atoms with Gasteiger partial charge < -0.3 is 13.9 Å². The summed E-state index contributed by atoms with van der Waals surface area (Å²) < 4.78 is 9.28. The minimum atomic E-state index is -0.000809. The molecule has 0 saturated carbocycles. The lowest BCUT2D eigenvalue weighted by molar-refractivity contribution is 0.0704. The third-order valence-electron chi connectivity index (χ3n) is 4.21. The summed E-state index contributed by atoms with van der Waals surface area (Å²) in [7, 11) is 0. The van der Waals surface area contributed by atoms with Crippen molar-refractivity contribution < 1.29 is 9.21 Å². The molecule has 23 heavy (non-hydrogen) atoms. The van der Waals surface area contributed by atoms with Gasteiger partial charge in [0.25, 0.3) is 5.91 Å². The summed E-state index contributed by atoms with van der Waals surface area (Å²) in [4.78, 5) is 18.9. The second-order valence-corrected chi connectivity index (χ2v) is 5.64. The zero-order chi connectivity index (χ0) is 15.8. The summed E-state index contributed by atoms with van der Waals surface area (Å²) in [6.07, 6.45) is 7.12. The molecule has 4 heterocycles. The normalized spacial score (nSPS) is 14.0. The molecule has 7 heteroatoms. The predicted molar refractivity (Wildman–Crippen MR) is 81.7 cm³/mol. The van der Waals surface area contributed by atoms with Gasteiger partial charge in [-0.05, 0) is 19.1 Å². The van der Waals surface area contributed by atoms with E-state index in [0.29, 0.717) is 31.0 Å². The van der Waals surface area contributed by atoms with Gasteiger partial charge in [-0.1, -0.05) is 0 Å². The Hall–Kier alpha value is -2.83. The van der Waals surface area contributed by atoms with Crippen molar-refractivity contribution in [3.63, 3.8) is 0 Å². The van der Waals surface area contributed by atoms with Crippen LogP contribution in [0.4, 0.5) is 0 Å². The summed E-state index contributed by atoms with van der Waals surface area (Å²) >= 11 is 0. The van der Waals surface area contributed by atoms with Gasteiger partial charge in [-0.3, -0.25) is 9.48 Å². The molecular formula is C16H17N5O2. The largest absolute Gasteiger partial charge is 0.469 e. The number of hydrogen-bond donors (Lipinski definition) is 0. The first-order chi connectivity index (χ1) is 11.2. The highest BCUT2D eigenvalue weighted by atomic mass is 16.3. The van der Waals surface area contributed by atoms with Gasteiger partial charge in [0.05, 0.1) is 36.8 Å². The van der Waals surface area contributed by atoms with E-state index >= 15 is 0 Å². The number of carbonyl (C=O) groups excluding carboxylic acids is 1. The zero-order valence-corrected chi connectivity index (χ0v) is 12.8. The number of furan rings is 1. The van der Waals surface area contributed by atoms with Gasteiger partial charge in [-0.2, -0.15) is 5.10 Å². The highest BCUT2D eigenvalue weighted by Gasteiger charge is 2.25. The van der Waals surface area contributed by atoms with Crippen LogP contribution in [0.15, 0.2) is 41.4 Å². The maximum Gasteiger partial charge on any atom is 0.257 e. The summed E-state index contributed by atoms with van der Waals surface area (Å²) in [5, 5.41) is 4.23. The summed E-state index contributed by atoms with van der Waals surface area (Å²) in [6.45, 7) is 4.42. The molecule has 0 fully saturated rings. The number of amides is 1. The molecule has 3 aromatic heterocycles. The van der Waals surface area contributed by atoms with E-state index in [0.717, 1.165) is 18.1 Å². The smallest absolute Gasteiger partial charge is 0.257 e. The molecule has 0 saturated heterocycles. The van der Waals surface area contributed by atoms with Crippen LogP contribution in [0.1, 0.15) is 27.6 Å². The molecule has 0 unspecified atom stereocenters. The number of fused-ring (bicyclic) bond motifs is 1. The average Bonchev–Trinajstić information content (AvgIpc) is 3.29. The number of aromatic nitrogens is 4. The molecule has 0 bridgehead atoms. The minimum Gasteiger partial charge on any atom is -0.469 e. The van der Waals surface area contributed by atoms with Gasteiger partial charge in [0.1, 0.15) is 11.6 Å². The first-order valence-electron chi connectivity index (χ1n) is 7.56. The molecule has 0 spiro atoms. The molecule has 0 aliphatic carbocycles. The van der Waals surface area contributed by atoms with Crippen molar-refractivity contribution in [2.45, 2.75) is 26.6 Å². The molecule has 1 aliphatic rings. The third kappa shape index (κ3) is 2.44. The van der Waals surface area contributed by atoms with E-state index < -0.39 is 0 Å². The van der Waals surface area contributed by atoms with E-state index in [1.807, 2.05) is 28.0 Å². The Morgan fingerprint density at radius 1 is 1.39 bits per heavy atom. The minimum absolute atomic E-state index is 0.000809. The Morgan fingerprint density at radius 3 is 3.04 bits per heavy atom. The molecule has 1 aliphatic heterocycles. The number of nitrogens with zero attached hydrogens (tertiary/aromatic N) is 5. The van der Waals surface area contributed by atoms with Crippen LogP contribution < -0.4 is 0 Å². The number of hydrogen-bond acceptors (Lipinski definition) is 4. The summed E-state index contributed by atoms with van der Waals surface area (Å²) in [5.41, 5.74) is 1.73. The van der Waals surface area contributed by atoms with Crippen LogP contribution in [-0.2, 0) is 19.6 Å². The topological polar surface area (TPSA) is 69.1 Å². The number of aryl methyl sites for hydroxylation is 1. The maximum absolute atomic E-state index is 12.6. The highest BCUT2D eigenvalue weighted by molar-refractivity contribution is 5.95. The van der Waals surface area contributed by atoms with Crippen LogP contribution >= 0.6 is 0 Å². The van der Waals surface area contributed by atoms with Gasteiger partial charge in [0.15, 0.2) is 0 Å². The monoisotopic (exact) mass is 311 g/mol. The fourth-order valence-corrected chi connectivity index (χ4v) is 2.96. The molecule has 4 rings (SSSR count). The Labute approximate surface area is 133 Å². The Bertz CT molecular complexity index is 831. The third-order valence-corrected chi connectivity index (χ3v) is 4.21. The molecule has 118 valence electrons. The zero-order valence-electron chi connectivity index (χ0n) is 12.8. The molecule has 1 amide bonds. The van der Waals surface area contributed by atoms with Gasteiger partial charge in [-0.25, -0.2) is 4.98 Å². The van der Waals surface area contributed by atoms with Crippen LogP contribution in [0.2, 0.25) is 0 Å². The number of rotatable bonds is 3. The van der Waals surface area contributed by atoms with Crippen molar-refractivity contribution in [1.29, 1.82) is 0 Å². The quantitative estimate of drug-likeness (QED) is 0.738. The molecule has 3 aromatic rings. The van der Waals surface area contributed by atoms with Crippen molar-refractivity contribution in [1.82, 2.24) is 24.2 Å². The predicted octanol–water partition coefficient (Wildman–Crippen LogP) is 1.69. The van der Waals surface area contributed by atoms with Crippen LogP contribution in [0.3, 0.4) is 0 Å². The number of imidazole rings is 1. The summed E-state index contributed by atoms with van der Waals surface area (Å²) in [5.74, 6) is 1.57. The van der Waals surface area contributed by atoms with Crippen molar-refractivity contribution in [3.8, 4) is 0 Å². The summed E-state index contributed by atoms with van der Waals surface area (Å²) in [6, 6.07) is 3.63. The van der Waals surface area contributed by atoms with Crippen LogP contribution in [-0.4, -0.2) is 36.7 Å². The van der Waals surface area contributed by atoms with Crippen LogP contribution in [0.25, 0.3) is 0 Å². The van der Waals surface area contributed by atoms with E-state index in [4.69, 9.17) is 4.42 Å². The van der Waals surface area contributed by atoms with E-state index in [1.54, 1.807) is 25.5 Å². The highest BCUT2D eigenvalue weighted by Crippen LogP contribution is 2.19. The second-order valence-electron chi connectivity index (χ2n) is 5.64. The SMILES string of the molecule is Cc1occc1C(=O)N1CCn2c(Cn3cccn3)cnc2C1. The molecule has 7 nitrogen and oxygen atoms in total. The number of carbonyl (C=O) groups is 1. The lowest BCUT2D eigenvalue weighted by atomic mass is 10.2. The fourth-order valence-electron chi connectivity index (χ4n) is 2.96. The standard InChI is InChI=1S/C16H17N5O2/c1-12-14(3-8-23-12)16(22)19-6-7-21-13(9-17-15(21)11-19)10-20-5-2-4-18-20/h2-5,8-9H,6-7,10-11H2,1H3. The van der Waals surface area contributed by atoms with Gasteiger partial charge in [0.2, 0.25) is 0 Å². The average molecular weight is 311 g/mol. The molecule has 0 atom stereocenters. The molecule has 0 radical (unpaired) electrons. The van der Waals surface area contributed by atoms with Gasteiger partial charge in [0, 0.05) is 25.5 Å². The Balaban J connectivity index is 1.53. The van der Waals surface area contributed by atoms with Gasteiger partial charge >= 0.3 is 0 Å². The first-order valence-corrected chi connectivity index (χ1v) is 7.56. The van der Waals surface area contributed by atoms with Crippen molar-refractivity contribution in [2.24, 2.45) is 0 Å². The van der Waals surface area contributed by atoms with E-state index in [2.05, 4.69) is 14.6 Å². The van der Waals surface area contributed by atoms with Gasteiger partial charge in [-0.15, -0.1) is 0 Å². The van der Waals surface area contributed by atoms with Crippen LogP contribution in [0.5, 0.6) is 0 Å². The van der Waals surface area contributed by atoms with E-state index in [9.17, 15) is 4.79 Å². The fraction of sp³-hybridized carbons (Fsp3) is 0.312. The van der Waals surface area contributed by atoms with Crippen molar-refractivity contribution in [3.05, 3.63) is 59.8 Å². The molecular weight excluding hydrogens is 294 g/mol. The first kappa shape index (κ1) is 13.8. The lowest BCUT2D eigenvalue weighted by Crippen LogP contribution is -2.39. The van der Waals surface area contributed by atoms with Crippen LogP contribution in [0, 0.1) is 6.92 Å². The Kier molecular flexibility index (Phi) is 3.25. The van der Waals surface area contributed by atoms with Crippen molar-refractivity contribution >= 4 is 5.91 Å². The maximum atomic E-state index is 12.6. The Morgan fingerprint density at radius 2 is 2.30 bits per heavy atom. The molecule has 0 aromatic carbocycles. The molecule has 0 N–H and O–H groups in total. The van der Waals surface area contributed by atoms with Crippen molar-refractivity contribution in [2.75, 3.05) is 6.54 Å². The van der Waals surface area contributed by atoms with E-state index in [1.165, 1.54) is 0 Å². The second kappa shape index (κ2) is 5.42. The van der Waals surface area contributed by atoms with E-state index in [-0.39, 0.29) is 5.91 Å².